The van der Waals surface area contributed by atoms with Crippen LogP contribution in [0.15, 0.2) is 36.8 Å². The predicted molar refractivity (Wildman–Crippen MR) is 128 cm³/mol. The summed E-state index contributed by atoms with van der Waals surface area (Å²) in [4.78, 5) is 26.3. The van der Waals surface area contributed by atoms with Gasteiger partial charge in [0.25, 0.3) is 5.91 Å². The molecule has 0 bridgehead atoms. The van der Waals surface area contributed by atoms with E-state index in [0.29, 0.717) is 40.3 Å². The Morgan fingerprint density at radius 3 is 2.50 bits per heavy atom. The zero-order valence-corrected chi connectivity index (χ0v) is 20.3. The van der Waals surface area contributed by atoms with Crippen LogP contribution in [-0.2, 0) is 16.4 Å². The fourth-order valence-corrected chi connectivity index (χ4v) is 3.77. The summed E-state index contributed by atoms with van der Waals surface area (Å²) in [5.74, 6) is 5.04. The van der Waals surface area contributed by atoms with Crippen LogP contribution in [0.5, 0.6) is 0 Å². The van der Waals surface area contributed by atoms with Gasteiger partial charge in [0.1, 0.15) is 12.1 Å². The van der Waals surface area contributed by atoms with Crippen LogP contribution in [0.2, 0.25) is 0 Å². The van der Waals surface area contributed by atoms with Crippen molar-refractivity contribution in [2.75, 3.05) is 25.1 Å². The highest BCUT2D eigenvalue weighted by molar-refractivity contribution is 7.92. The van der Waals surface area contributed by atoms with Crippen LogP contribution in [-0.4, -0.2) is 54.5 Å². The van der Waals surface area contributed by atoms with E-state index in [4.69, 9.17) is 0 Å². The summed E-state index contributed by atoms with van der Waals surface area (Å²) in [6.07, 6.45) is 4.45. The van der Waals surface area contributed by atoms with Gasteiger partial charge >= 0.3 is 0 Å². The van der Waals surface area contributed by atoms with Gasteiger partial charge in [0.2, 0.25) is 10.0 Å². The molecule has 8 nitrogen and oxygen atoms in total. The fraction of sp³-hybridized carbons (Fsp3) is 0.250. The first-order valence-electron chi connectivity index (χ1n) is 10.3. The molecular weight excluding hydrogens is 457 g/mol. The van der Waals surface area contributed by atoms with Crippen molar-refractivity contribution in [3.63, 3.8) is 0 Å². The lowest BCUT2D eigenvalue weighted by Crippen LogP contribution is -2.21. The van der Waals surface area contributed by atoms with Gasteiger partial charge in [-0.05, 0) is 37.6 Å². The Bertz CT molecular complexity index is 1430. The second-order valence-corrected chi connectivity index (χ2v) is 9.52. The number of aromatic nitrogens is 3. The first-order valence-corrected chi connectivity index (χ1v) is 12.2. The SMILES string of the molecule is CCc1ncnc(-c2ccc(C(=O)N(C)C)cc2F)c1C#Cc1cnc(C)c(NS(C)(=O)=O)c1. The molecular formula is C24H24FN5O3S. The third-order valence-corrected chi connectivity index (χ3v) is 5.44. The molecule has 0 aliphatic heterocycles. The van der Waals surface area contributed by atoms with E-state index < -0.39 is 15.8 Å². The first kappa shape index (κ1) is 24.8. The minimum Gasteiger partial charge on any atom is -0.345 e. The smallest absolute Gasteiger partial charge is 0.253 e. The summed E-state index contributed by atoms with van der Waals surface area (Å²) in [5, 5.41) is 0. The second kappa shape index (κ2) is 9.97. The molecule has 0 saturated carbocycles. The van der Waals surface area contributed by atoms with E-state index in [1.807, 2.05) is 6.92 Å². The lowest BCUT2D eigenvalue weighted by Gasteiger charge is -2.12. The molecule has 0 fully saturated rings. The molecule has 3 aromatic rings. The number of carbonyl (C=O) groups is 1. The Morgan fingerprint density at radius 2 is 1.88 bits per heavy atom. The molecule has 34 heavy (non-hydrogen) atoms. The summed E-state index contributed by atoms with van der Waals surface area (Å²) in [5.41, 5.74) is 3.06. The third-order valence-electron chi connectivity index (χ3n) is 4.85. The monoisotopic (exact) mass is 481 g/mol. The number of nitrogens with one attached hydrogen (secondary N) is 1. The summed E-state index contributed by atoms with van der Waals surface area (Å²) in [7, 11) is -0.296. The number of anilines is 1. The van der Waals surface area contributed by atoms with Crippen molar-refractivity contribution in [2.24, 2.45) is 0 Å². The van der Waals surface area contributed by atoms with E-state index in [1.54, 1.807) is 33.2 Å². The van der Waals surface area contributed by atoms with Gasteiger partial charge in [-0.2, -0.15) is 0 Å². The van der Waals surface area contributed by atoms with E-state index in [-0.39, 0.29) is 17.0 Å². The van der Waals surface area contributed by atoms with E-state index in [1.165, 1.54) is 29.6 Å². The molecule has 1 amide bonds. The Balaban J connectivity index is 2.09. The molecule has 2 aromatic heterocycles. The van der Waals surface area contributed by atoms with Crippen molar-refractivity contribution in [2.45, 2.75) is 20.3 Å². The van der Waals surface area contributed by atoms with Gasteiger partial charge in [0.15, 0.2) is 0 Å². The zero-order chi connectivity index (χ0) is 25.0. The van der Waals surface area contributed by atoms with Gasteiger partial charge in [-0.25, -0.2) is 22.8 Å². The first-order chi connectivity index (χ1) is 16.0. The van der Waals surface area contributed by atoms with Crippen molar-refractivity contribution >= 4 is 21.6 Å². The molecule has 2 heterocycles. The minimum absolute atomic E-state index is 0.193. The van der Waals surface area contributed by atoms with Gasteiger partial charge < -0.3 is 4.90 Å². The van der Waals surface area contributed by atoms with Crippen LogP contribution in [0.25, 0.3) is 11.3 Å². The molecule has 0 saturated heterocycles. The van der Waals surface area contributed by atoms with Crippen LogP contribution in [0.1, 0.15) is 39.8 Å². The van der Waals surface area contributed by atoms with Gasteiger partial charge in [0.05, 0.1) is 34.6 Å². The van der Waals surface area contributed by atoms with E-state index in [2.05, 4.69) is 31.5 Å². The van der Waals surface area contributed by atoms with Crippen LogP contribution in [0, 0.1) is 24.6 Å². The Kier molecular flexibility index (Phi) is 7.27. The number of hydrogen-bond donors (Lipinski definition) is 1. The molecule has 0 atom stereocenters. The van der Waals surface area contributed by atoms with Crippen LogP contribution in [0.3, 0.4) is 0 Å². The molecule has 176 valence electrons. The maximum Gasteiger partial charge on any atom is 0.253 e. The Morgan fingerprint density at radius 1 is 1.15 bits per heavy atom. The number of carbonyl (C=O) groups excluding carboxylic acids is 1. The highest BCUT2D eigenvalue weighted by Gasteiger charge is 2.17. The van der Waals surface area contributed by atoms with Crippen molar-refractivity contribution in [3.8, 4) is 23.1 Å². The maximum absolute atomic E-state index is 15.0. The number of nitrogens with zero attached hydrogens (tertiary/aromatic N) is 4. The number of benzene rings is 1. The Labute approximate surface area is 198 Å². The molecule has 0 aliphatic carbocycles. The number of rotatable bonds is 5. The van der Waals surface area contributed by atoms with Gasteiger partial charge in [-0.3, -0.25) is 14.5 Å². The fourth-order valence-electron chi connectivity index (χ4n) is 3.16. The predicted octanol–water partition coefficient (Wildman–Crippen LogP) is 3.02. The van der Waals surface area contributed by atoms with Crippen molar-refractivity contribution in [1.29, 1.82) is 0 Å². The highest BCUT2D eigenvalue weighted by Crippen LogP contribution is 2.27. The molecule has 10 heteroatoms. The van der Waals surface area contributed by atoms with Crippen molar-refractivity contribution in [3.05, 3.63) is 70.7 Å². The maximum atomic E-state index is 15.0. The normalized spacial score (nSPS) is 10.9. The summed E-state index contributed by atoms with van der Waals surface area (Å²) < 4.78 is 40.7. The molecule has 3 rings (SSSR count). The largest absolute Gasteiger partial charge is 0.345 e. The van der Waals surface area contributed by atoms with Gasteiger partial charge in [-0.1, -0.05) is 18.8 Å². The van der Waals surface area contributed by atoms with Crippen LogP contribution < -0.4 is 4.72 Å². The third kappa shape index (κ3) is 5.74. The minimum atomic E-state index is -3.48. The number of hydrogen-bond acceptors (Lipinski definition) is 6. The molecule has 0 spiro atoms. The van der Waals surface area contributed by atoms with Crippen molar-refractivity contribution < 1.29 is 17.6 Å². The molecule has 0 radical (unpaired) electrons. The number of aryl methyl sites for hydroxylation is 2. The van der Waals surface area contributed by atoms with Gasteiger partial charge in [-0.15, -0.1) is 0 Å². The molecule has 0 aliphatic rings. The number of sulfonamides is 1. The summed E-state index contributed by atoms with van der Waals surface area (Å²) in [6.45, 7) is 3.57. The molecule has 0 unspecified atom stereocenters. The zero-order valence-electron chi connectivity index (χ0n) is 19.5. The lowest BCUT2D eigenvalue weighted by atomic mass is 10.0. The van der Waals surface area contributed by atoms with E-state index >= 15 is 4.39 Å². The summed E-state index contributed by atoms with van der Waals surface area (Å²) >= 11 is 0. The van der Waals surface area contributed by atoms with E-state index in [9.17, 15) is 13.2 Å². The van der Waals surface area contributed by atoms with Crippen LogP contribution in [0.4, 0.5) is 10.1 Å². The van der Waals surface area contributed by atoms with Crippen molar-refractivity contribution in [1.82, 2.24) is 19.9 Å². The number of pyridine rings is 1. The molecule has 1 aromatic carbocycles. The average molecular weight is 482 g/mol. The second-order valence-electron chi connectivity index (χ2n) is 7.77. The molecule has 1 N–H and O–H groups in total. The standard InChI is InChI=1S/C24H24FN5O3S/c1-6-21-19(9-7-16-11-22(15(2)26-13-16)29-34(5,32)33)23(28-14-27-21)18-10-8-17(12-20(18)25)24(31)30(3)4/h8,10-14,29H,6H2,1-5H3. The quantitative estimate of drug-likeness (QED) is 0.562. The van der Waals surface area contributed by atoms with E-state index in [0.717, 1.165) is 6.26 Å². The van der Waals surface area contributed by atoms with Crippen LogP contribution >= 0.6 is 0 Å². The highest BCUT2D eigenvalue weighted by atomic mass is 32.2. The number of amides is 1. The Hall–Kier alpha value is -3.84. The average Bonchev–Trinajstić information content (AvgIpc) is 2.77. The lowest BCUT2D eigenvalue weighted by molar-refractivity contribution is 0.0827. The summed E-state index contributed by atoms with van der Waals surface area (Å²) in [6, 6.07) is 5.79. The number of halogens is 1. The van der Waals surface area contributed by atoms with Gasteiger partial charge in [0, 0.05) is 37.0 Å². The topological polar surface area (TPSA) is 105 Å².